The second kappa shape index (κ2) is 7.47. The lowest BCUT2D eigenvalue weighted by atomic mass is 10.1. The Kier molecular flexibility index (Phi) is 5.37. The molecule has 0 spiro atoms. The number of oxazole rings is 1. The first-order chi connectivity index (χ1) is 10.2. The summed E-state index contributed by atoms with van der Waals surface area (Å²) in [7, 11) is 0. The number of aromatic nitrogens is 1. The Morgan fingerprint density at radius 1 is 1.38 bits per heavy atom. The third-order valence-corrected chi connectivity index (χ3v) is 3.07. The van der Waals surface area contributed by atoms with Crippen LogP contribution in [0.15, 0.2) is 41.0 Å². The Hall–Kier alpha value is -2.30. The number of ether oxygens (including phenoxy) is 1. The van der Waals surface area contributed by atoms with Crippen molar-refractivity contribution in [1.29, 1.82) is 0 Å². The number of hydrogen-bond acceptors (Lipinski definition) is 5. The largest absolute Gasteiger partial charge is 0.461 e. The van der Waals surface area contributed by atoms with Crippen molar-refractivity contribution < 1.29 is 13.9 Å². The predicted molar refractivity (Wildman–Crippen MR) is 80.3 cm³/mol. The Labute approximate surface area is 124 Å². The molecule has 0 saturated heterocycles. The highest BCUT2D eigenvalue weighted by Crippen LogP contribution is 2.12. The maximum atomic E-state index is 11.5. The summed E-state index contributed by atoms with van der Waals surface area (Å²) in [6.07, 6.45) is 3.23. The second-order valence-electron chi connectivity index (χ2n) is 4.83. The number of benzene rings is 1. The molecule has 112 valence electrons. The molecule has 5 heteroatoms. The number of anilines is 1. The van der Waals surface area contributed by atoms with Gasteiger partial charge in [-0.25, -0.2) is 4.79 Å². The Bertz CT molecular complexity index is 566. The lowest BCUT2D eigenvalue weighted by molar-refractivity contribution is 0.0519. The van der Waals surface area contributed by atoms with Gasteiger partial charge >= 0.3 is 5.97 Å². The van der Waals surface area contributed by atoms with Crippen molar-refractivity contribution in [3.8, 4) is 0 Å². The molecule has 0 saturated carbocycles. The van der Waals surface area contributed by atoms with Crippen LogP contribution in [-0.4, -0.2) is 23.6 Å². The van der Waals surface area contributed by atoms with E-state index < -0.39 is 5.97 Å². The van der Waals surface area contributed by atoms with Gasteiger partial charge in [0, 0.05) is 6.04 Å². The molecular weight excluding hydrogens is 268 g/mol. The summed E-state index contributed by atoms with van der Waals surface area (Å²) >= 11 is 0. The van der Waals surface area contributed by atoms with Gasteiger partial charge < -0.3 is 14.5 Å². The zero-order valence-electron chi connectivity index (χ0n) is 12.3. The van der Waals surface area contributed by atoms with E-state index in [1.165, 1.54) is 11.8 Å². The molecule has 0 aliphatic carbocycles. The van der Waals surface area contributed by atoms with E-state index in [9.17, 15) is 4.79 Å². The van der Waals surface area contributed by atoms with E-state index in [-0.39, 0.29) is 11.7 Å². The molecule has 0 bridgehead atoms. The molecule has 1 aromatic heterocycles. The summed E-state index contributed by atoms with van der Waals surface area (Å²) in [5.74, 6) is -0.466. The van der Waals surface area contributed by atoms with E-state index in [0.717, 1.165) is 12.8 Å². The van der Waals surface area contributed by atoms with Gasteiger partial charge in [0.2, 0.25) is 0 Å². The molecule has 1 aromatic carbocycles. The van der Waals surface area contributed by atoms with Gasteiger partial charge in [0.25, 0.3) is 6.01 Å². The Morgan fingerprint density at radius 2 is 2.14 bits per heavy atom. The summed E-state index contributed by atoms with van der Waals surface area (Å²) in [5.41, 5.74) is 1.49. The van der Waals surface area contributed by atoms with Crippen molar-refractivity contribution in [2.45, 2.75) is 32.7 Å². The number of carbonyl (C=O) groups excluding carboxylic acids is 1. The zero-order chi connectivity index (χ0) is 15.1. The first-order valence-corrected chi connectivity index (χ1v) is 7.12. The molecule has 21 heavy (non-hydrogen) atoms. The number of rotatable bonds is 7. The van der Waals surface area contributed by atoms with Crippen LogP contribution in [-0.2, 0) is 11.2 Å². The topological polar surface area (TPSA) is 64.4 Å². The van der Waals surface area contributed by atoms with Gasteiger partial charge in [0.15, 0.2) is 5.69 Å². The number of esters is 1. The Balaban J connectivity index is 1.82. The van der Waals surface area contributed by atoms with Crippen LogP contribution in [0.25, 0.3) is 0 Å². The van der Waals surface area contributed by atoms with Crippen LogP contribution in [0.3, 0.4) is 0 Å². The van der Waals surface area contributed by atoms with Crippen molar-refractivity contribution in [1.82, 2.24) is 4.98 Å². The number of nitrogens with zero attached hydrogens (tertiary/aromatic N) is 1. The maximum absolute atomic E-state index is 11.5. The molecular formula is C16H20N2O3. The van der Waals surface area contributed by atoms with E-state index in [0.29, 0.717) is 12.6 Å². The van der Waals surface area contributed by atoms with Crippen LogP contribution < -0.4 is 5.32 Å². The highest BCUT2D eigenvalue weighted by molar-refractivity contribution is 5.87. The molecule has 1 N–H and O–H groups in total. The van der Waals surface area contributed by atoms with Gasteiger partial charge in [-0.2, -0.15) is 4.98 Å². The molecule has 0 fully saturated rings. The minimum absolute atomic E-state index is 0.189. The molecule has 0 amide bonds. The highest BCUT2D eigenvalue weighted by atomic mass is 16.5. The normalized spacial score (nSPS) is 11.9. The molecule has 2 rings (SSSR count). The van der Waals surface area contributed by atoms with Crippen molar-refractivity contribution in [2.24, 2.45) is 0 Å². The first-order valence-electron chi connectivity index (χ1n) is 7.12. The Morgan fingerprint density at radius 3 is 2.86 bits per heavy atom. The van der Waals surface area contributed by atoms with Crippen molar-refractivity contribution in [3.05, 3.63) is 47.9 Å². The van der Waals surface area contributed by atoms with Crippen LogP contribution >= 0.6 is 0 Å². The van der Waals surface area contributed by atoms with Crippen molar-refractivity contribution >= 4 is 12.0 Å². The van der Waals surface area contributed by atoms with E-state index in [2.05, 4.69) is 29.4 Å². The van der Waals surface area contributed by atoms with Gasteiger partial charge in [-0.3, -0.25) is 0 Å². The maximum Gasteiger partial charge on any atom is 0.360 e. The number of aryl methyl sites for hydroxylation is 1. The van der Waals surface area contributed by atoms with Gasteiger partial charge in [-0.05, 0) is 32.3 Å². The first kappa shape index (κ1) is 15.1. The van der Waals surface area contributed by atoms with Gasteiger partial charge in [-0.1, -0.05) is 30.3 Å². The van der Waals surface area contributed by atoms with Crippen LogP contribution in [0.1, 0.15) is 36.3 Å². The summed E-state index contributed by atoms with van der Waals surface area (Å²) in [4.78, 5) is 15.6. The molecule has 1 unspecified atom stereocenters. The lowest BCUT2D eigenvalue weighted by Crippen LogP contribution is -2.16. The molecule has 0 radical (unpaired) electrons. The quantitative estimate of drug-likeness (QED) is 0.792. The lowest BCUT2D eigenvalue weighted by Gasteiger charge is -2.11. The third kappa shape index (κ3) is 4.63. The van der Waals surface area contributed by atoms with E-state index in [1.54, 1.807) is 6.92 Å². The molecule has 0 aliphatic rings. The fourth-order valence-electron chi connectivity index (χ4n) is 1.95. The van der Waals surface area contributed by atoms with Crippen LogP contribution in [0.5, 0.6) is 0 Å². The standard InChI is InChI=1S/C16H20N2O3/c1-3-20-15(19)14-11-21-16(18-14)17-12(2)9-10-13-7-5-4-6-8-13/h4-8,11-12H,3,9-10H2,1-2H3,(H,17,18). The zero-order valence-corrected chi connectivity index (χ0v) is 12.3. The van der Waals surface area contributed by atoms with E-state index >= 15 is 0 Å². The van der Waals surface area contributed by atoms with E-state index in [4.69, 9.17) is 9.15 Å². The van der Waals surface area contributed by atoms with Crippen LogP contribution in [0, 0.1) is 0 Å². The summed E-state index contributed by atoms with van der Waals surface area (Å²) in [5, 5.41) is 3.14. The number of carbonyl (C=O) groups is 1. The van der Waals surface area contributed by atoms with E-state index in [1.807, 2.05) is 18.2 Å². The highest BCUT2D eigenvalue weighted by Gasteiger charge is 2.14. The van der Waals surface area contributed by atoms with Crippen molar-refractivity contribution in [3.63, 3.8) is 0 Å². The molecule has 2 aromatic rings. The minimum Gasteiger partial charge on any atom is -0.461 e. The number of hydrogen-bond donors (Lipinski definition) is 1. The predicted octanol–water partition coefficient (Wildman–Crippen LogP) is 3.28. The molecule has 1 heterocycles. The summed E-state index contributed by atoms with van der Waals surface area (Å²) in [6.45, 7) is 4.13. The van der Waals surface area contributed by atoms with Gasteiger partial charge in [-0.15, -0.1) is 0 Å². The fourth-order valence-corrected chi connectivity index (χ4v) is 1.95. The van der Waals surface area contributed by atoms with Crippen LogP contribution in [0.2, 0.25) is 0 Å². The number of nitrogens with one attached hydrogen (secondary N) is 1. The third-order valence-electron chi connectivity index (χ3n) is 3.07. The van der Waals surface area contributed by atoms with Crippen LogP contribution in [0.4, 0.5) is 6.01 Å². The average molecular weight is 288 g/mol. The fraction of sp³-hybridized carbons (Fsp3) is 0.375. The summed E-state index contributed by atoms with van der Waals surface area (Å²) < 4.78 is 10.1. The monoisotopic (exact) mass is 288 g/mol. The SMILES string of the molecule is CCOC(=O)c1coc(NC(C)CCc2ccccc2)n1. The van der Waals surface area contributed by atoms with Crippen molar-refractivity contribution in [2.75, 3.05) is 11.9 Å². The smallest absolute Gasteiger partial charge is 0.360 e. The van der Waals surface area contributed by atoms with Gasteiger partial charge in [0.1, 0.15) is 6.26 Å². The molecule has 0 aliphatic heterocycles. The summed E-state index contributed by atoms with van der Waals surface area (Å²) in [6, 6.07) is 10.8. The minimum atomic E-state index is -0.466. The molecule has 5 nitrogen and oxygen atoms in total. The second-order valence-corrected chi connectivity index (χ2v) is 4.83. The average Bonchev–Trinajstić information content (AvgIpc) is 2.95. The molecule has 1 atom stereocenters. The van der Waals surface area contributed by atoms with Gasteiger partial charge in [0.05, 0.1) is 6.61 Å².